The van der Waals surface area contributed by atoms with Crippen molar-refractivity contribution in [2.45, 2.75) is 19.4 Å². The number of aliphatic hydroxyl groups is 2. The Kier molecular flexibility index (Phi) is 3.41. The van der Waals surface area contributed by atoms with Gasteiger partial charge < -0.3 is 15.1 Å². The normalized spacial score (nSPS) is 22.4. The highest BCUT2D eigenvalue weighted by atomic mass is 16.3. The predicted octanol–water partition coefficient (Wildman–Crippen LogP) is 0.954. The summed E-state index contributed by atoms with van der Waals surface area (Å²) in [6, 6.07) is 3.83. The number of hydrogen-bond donors (Lipinski definition) is 2. The maximum absolute atomic E-state index is 9.35. The van der Waals surface area contributed by atoms with Crippen LogP contribution in [-0.2, 0) is 0 Å². The van der Waals surface area contributed by atoms with Crippen molar-refractivity contribution in [2.24, 2.45) is 5.92 Å². The van der Waals surface area contributed by atoms with Gasteiger partial charge in [-0.2, -0.15) is 0 Å². The molecule has 0 amide bonds. The van der Waals surface area contributed by atoms with Crippen LogP contribution in [0.25, 0.3) is 0 Å². The summed E-state index contributed by atoms with van der Waals surface area (Å²) in [5, 5.41) is 18.4. The van der Waals surface area contributed by atoms with E-state index < -0.39 is 6.10 Å². The van der Waals surface area contributed by atoms with E-state index >= 15 is 0 Å². The Morgan fingerprint density at radius 2 is 2.38 bits per heavy atom. The molecule has 4 heteroatoms. The molecule has 0 aromatic carbocycles. The van der Waals surface area contributed by atoms with Crippen LogP contribution in [0.3, 0.4) is 0 Å². The second kappa shape index (κ2) is 4.80. The Hall–Kier alpha value is -1.13. The molecule has 1 aromatic rings. The summed E-state index contributed by atoms with van der Waals surface area (Å²) in [6.45, 7) is 3.84. The highest BCUT2D eigenvalue weighted by molar-refractivity contribution is 5.45. The van der Waals surface area contributed by atoms with Gasteiger partial charge >= 0.3 is 0 Å². The molecule has 1 aliphatic heterocycles. The van der Waals surface area contributed by atoms with Crippen molar-refractivity contribution >= 4 is 5.69 Å². The van der Waals surface area contributed by atoms with Crippen LogP contribution < -0.4 is 4.90 Å². The zero-order chi connectivity index (χ0) is 11.5. The van der Waals surface area contributed by atoms with Gasteiger partial charge in [-0.3, -0.25) is 4.98 Å². The van der Waals surface area contributed by atoms with Gasteiger partial charge in [0.2, 0.25) is 0 Å². The van der Waals surface area contributed by atoms with E-state index in [1.807, 2.05) is 12.1 Å². The van der Waals surface area contributed by atoms with Crippen molar-refractivity contribution in [1.29, 1.82) is 0 Å². The van der Waals surface area contributed by atoms with Crippen molar-refractivity contribution in [2.75, 3.05) is 24.6 Å². The SMILES string of the molecule is C[C@H](O)c1ccc(N2CCC(CO)C2)cn1. The number of hydrogen-bond acceptors (Lipinski definition) is 4. The number of aliphatic hydroxyl groups excluding tert-OH is 2. The molecule has 1 aromatic heterocycles. The molecule has 0 bridgehead atoms. The van der Waals surface area contributed by atoms with E-state index in [0.717, 1.165) is 25.2 Å². The molecule has 0 aliphatic carbocycles. The highest BCUT2D eigenvalue weighted by Gasteiger charge is 2.22. The fourth-order valence-corrected chi connectivity index (χ4v) is 2.05. The zero-order valence-electron chi connectivity index (χ0n) is 9.50. The molecule has 1 aliphatic rings. The molecule has 1 unspecified atom stereocenters. The lowest BCUT2D eigenvalue weighted by atomic mass is 10.1. The lowest BCUT2D eigenvalue weighted by Crippen LogP contribution is -2.20. The van der Waals surface area contributed by atoms with Crippen molar-refractivity contribution in [1.82, 2.24) is 4.98 Å². The minimum Gasteiger partial charge on any atom is -0.396 e. The van der Waals surface area contributed by atoms with Crippen LogP contribution in [0.5, 0.6) is 0 Å². The summed E-state index contributed by atoms with van der Waals surface area (Å²) in [5.41, 5.74) is 1.77. The lowest BCUT2D eigenvalue weighted by molar-refractivity contribution is 0.194. The van der Waals surface area contributed by atoms with E-state index in [4.69, 9.17) is 5.11 Å². The van der Waals surface area contributed by atoms with Gasteiger partial charge in [0.15, 0.2) is 0 Å². The summed E-state index contributed by atoms with van der Waals surface area (Å²) < 4.78 is 0. The topological polar surface area (TPSA) is 56.6 Å². The van der Waals surface area contributed by atoms with Crippen LogP contribution in [0.1, 0.15) is 25.1 Å². The zero-order valence-corrected chi connectivity index (χ0v) is 9.50. The largest absolute Gasteiger partial charge is 0.396 e. The Morgan fingerprint density at radius 1 is 1.56 bits per heavy atom. The predicted molar refractivity (Wildman–Crippen MR) is 62.3 cm³/mol. The van der Waals surface area contributed by atoms with Gasteiger partial charge in [-0.1, -0.05) is 0 Å². The smallest absolute Gasteiger partial charge is 0.0931 e. The Balaban J connectivity index is 2.05. The first-order chi connectivity index (χ1) is 7.70. The number of pyridine rings is 1. The number of rotatable bonds is 3. The van der Waals surface area contributed by atoms with E-state index in [0.29, 0.717) is 11.6 Å². The average Bonchev–Trinajstić information content (AvgIpc) is 2.77. The van der Waals surface area contributed by atoms with Crippen molar-refractivity contribution < 1.29 is 10.2 Å². The van der Waals surface area contributed by atoms with Gasteiger partial charge in [0.25, 0.3) is 0 Å². The van der Waals surface area contributed by atoms with E-state index in [2.05, 4.69) is 9.88 Å². The first-order valence-electron chi connectivity index (χ1n) is 5.70. The molecule has 88 valence electrons. The summed E-state index contributed by atoms with van der Waals surface area (Å²) in [4.78, 5) is 6.44. The Morgan fingerprint density at radius 3 is 2.88 bits per heavy atom. The third-order valence-electron chi connectivity index (χ3n) is 3.11. The summed E-state index contributed by atoms with van der Waals surface area (Å²) in [6.07, 6.45) is 2.31. The van der Waals surface area contributed by atoms with Crippen molar-refractivity contribution in [3.05, 3.63) is 24.0 Å². The van der Waals surface area contributed by atoms with Crippen LogP contribution in [0, 0.1) is 5.92 Å². The van der Waals surface area contributed by atoms with Crippen LogP contribution in [0.2, 0.25) is 0 Å². The fourth-order valence-electron chi connectivity index (χ4n) is 2.05. The third kappa shape index (κ3) is 2.33. The Bertz CT molecular complexity index is 337. The van der Waals surface area contributed by atoms with Gasteiger partial charge in [0, 0.05) is 25.6 Å². The van der Waals surface area contributed by atoms with Crippen LogP contribution in [0.15, 0.2) is 18.3 Å². The summed E-state index contributed by atoms with van der Waals surface area (Å²) in [5.74, 6) is 0.386. The van der Waals surface area contributed by atoms with Gasteiger partial charge in [-0.15, -0.1) is 0 Å². The van der Waals surface area contributed by atoms with Crippen LogP contribution in [0.4, 0.5) is 5.69 Å². The van der Waals surface area contributed by atoms with E-state index in [-0.39, 0.29) is 6.61 Å². The number of aromatic nitrogens is 1. The third-order valence-corrected chi connectivity index (χ3v) is 3.11. The van der Waals surface area contributed by atoms with E-state index in [1.165, 1.54) is 0 Å². The quantitative estimate of drug-likeness (QED) is 0.799. The van der Waals surface area contributed by atoms with Gasteiger partial charge in [-0.25, -0.2) is 0 Å². The molecule has 2 atom stereocenters. The molecule has 0 spiro atoms. The monoisotopic (exact) mass is 222 g/mol. The molecular weight excluding hydrogens is 204 g/mol. The van der Waals surface area contributed by atoms with Crippen molar-refractivity contribution in [3.63, 3.8) is 0 Å². The van der Waals surface area contributed by atoms with Gasteiger partial charge in [0.05, 0.1) is 23.7 Å². The molecule has 4 nitrogen and oxygen atoms in total. The summed E-state index contributed by atoms with van der Waals surface area (Å²) in [7, 11) is 0. The highest BCUT2D eigenvalue weighted by Crippen LogP contribution is 2.23. The van der Waals surface area contributed by atoms with Crippen LogP contribution >= 0.6 is 0 Å². The first kappa shape index (κ1) is 11.4. The van der Waals surface area contributed by atoms with Gasteiger partial charge in [0.1, 0.15) is 0 Å². The molecule has 2 rings (SSSR count). The molecule has 1 saturated heterocycles. The number of anilines is 1. The molecule has 2 heterocycles. The van der Waals surface area contributed by atoms with Crippen molar-refractivity contribution in [3.8, 4) is 0 Å². The maximum Gasteiger partial charge on any atom is 0.0931 e. The van der Waals surface area contributed by atoms with Crippen LogP contribution in [-0.4, -0.2) is 34.9 Å². The molecule has 1 fully saturated rings. The maximum atomic E-state index is 9.35. The summed E-state index contributed by atoms with van der Waals surface area (Å²) >= 11 is 0. The second-order valence-corrected chi connectivity index (χ2v) is 4.40. The molecule has 2 N–H and O–H groups in total. The molecule has 0 saturated carbocycles. The minimum atomic E-state index is -0.516. The molecule has 0 radical (unpaired) electrons. The standard InChI is InChI=1S/C12H18N2O2/c1-9(16)12-3-2-11(6-13-12)14-5-4-10(7-14)8-15/h2-3,6,9-10,15-16H,4-5,7-8H2,1H3/t9-,10?/m0/s1. The number of nitrogens with zero attached hydrogens (tertiary/aromatic N) is 2. The fraction of sp³-hybridized carbons (Fsp3) is 0.583. The minimum absolute atomic E-state index is 0.260. The average molecular weight is 222 g/mol. The molecule has 16 heavy (non-hydrogen) atoms. The Labute approximate surface area is 95.5 Å². The second-order valence-electron chi connectivity index (χ2n) is 4.40. The first-order valence-corrected chi connectivity index (χ1v) is 5.70. The van der Waals surface area contributed by atoms with Gasteiger partial charge in [-0.05, 0) is 25.5 Å². The van der Waals surface area contributed by atoms with E-state index in [9.17, 15) is 5.11 Å². The van der Waals surface area contributed by atoms with E-state index in [1.54, 1.807) is 13.1 Å². The lowest BCUT2D eigenvalue weighted by Gasteiger charge is -2.18. The molecular formula is C12H18N2O2.